The van der Waals surface area contributed by atoms with Gasteiger partial charge in [-0.05, 0) is 11.0 Å². The second-order valence-corrected chi connectivity index (χ2v) is 0. The predicted octanol–water partition coefficient (Wildman–Crippen LogP) is -3.28. The number of hydrogen-bond acceptors (Lipinski definition) is 0. The van der Waals surface area contributed by atoms with Crippen molar-refractivity contribution in [2.75, 3.05) is 0 Å². The Kier molecular flexibility index (Phi) is 102. The first kappa shape index (κ1) is 17.5. The summed E-state index contributed by atoms with van der Waals surface area (Å²) < 4.78 is 0. The first-order valence-corrected chi connectivity index (χ1v) is 1.00. The Labute approximate surface area is 63.6 Å². The molecule has 0 atom stereocenters. The molecule has 0 spiro atoms. The first-order valence-electron chi connectivity index (χ1n) is 1.00. The standard InChI is InChI=1S/Ar.B2H4.H4Si/c;1-2;/h;1-2H2;1H4. The van der Waals surface area contributed by atoms with E-state index in [1.807, 2.05) is 15.5 Å². The Balaban J connectivity index is -0.00000000500. The van der Waals surface area contributed by atoms with Crippen molar-refractivity contribution in [1.29, 1.82) is 0 Å². The van der Waals surface area contributed by atoms with Crippen LogP contribution in [0.1, 0.15) is 0 Å². The van der Waals surface area contributed by atoms with Crippen molar-refractivity contribution >= 4 is 26.4 Å². The Morgan fingerprint density at radius 2 is 1.00 bits per heavy atom. The van der Waals surface area contributed by atoms with Crippen molar-refractivity contribution < 1.29 is 37.7 Å². The molecule has 0 saturated heterocycles. The molecule has 0 radical (unpaired) electrons. The molecule has 0 N–H and O–H groups in total. The molecule has 0 aliphatic heterocycles. The van der Waals surface area contributed by atoms with E-state index in [1.165, 1.54) is 0 Å². The van der Waals surface area contributed by atoms with Gasteiger partial charge < -0.3 is 0 Å². The molecule has 0 saturated carbocycles. The Morgan fingerprint density at radius 1 is 1.00 bits per heavy atom. The summed E-state index contributed by atoms with van der Waals surface area (Å²) in [5.41, 5.74) is 0. The fraction of sp³-hybridized carbons (Fsp3) is 0. The van der Waals surface area contributed by atoms with Crippen LogP contribution in [0.2, 0.25) is 0 Å². The van der Waals surface area contributed by atoms with Gasteiger partial charge in [-0.15, -0.1) is 0 Å². The van der Waals surface area contributed by atoms with Crippen LogP contribution < -0.4 is 0 Å². The average molecular weight is 97.7 g/mol. The summed E-state index contributed by atoms with van der Waals surface area (Å²) in [5, 5.41) is 0. The molecule has 4 heteroatoms. The summed E-state index contributed by atoms with van der Waals surface area (Å²) in [5.74, 6) is 0. The molecule has 0 heterocycles. The quantitative estimate of drug-likeness (QED) is 0.278. The minimum atomic E-state index is 0. The molecule has 0 aliphatic rings. The Morgan fingerprint density at radius 3 is 1.00 bits per heavy atom. The van der Waals surface area contributed by atoms with Crippen LogP contribution in [0, 0.1) is 37.7 Å². The van der Waals surface area contributed by atoms with Gasteiger partial charge in [0.05, 0.1) is 15.5 Å². The molecule has 0 amide bonds. The van der Waals surface area contributed by atoms with Gasteiger partial charge in [-0.1, -0.05) is 0 Å². The van der Waals surface area contributed by atoms with E-state index in [9.17, 15) is 0 Å². The molecular weight excluding hydrogens is 89.7 g/mol. The van der Waals surface area contributed by atoms with Crippen LogP contribution in [-0.4, -0.2) is 26.4 Å². The summed E-state index contributed by atoms with van der Waals surface area (Å²) in [6.45, 7) is 0. The Hall–Kier alpha value is 1.61. The zero-order valence-electron chi connectivity index (χ0n) is 2.35. The molecule has 0 aromatic rings. The van der Waals surface area contributed by atoms with E-state index in [4.69, 9.17) is 0 Å². The molecule has 0 aromatic carbocycles. The monoisotopic (exact) mass is 98.0 g/mol. The summed E-state index contributed by atoms with van der Waals surface area (Å²) in [6, 6.07) is 0. The molecule has 0 bridgehead atoms. The third-order valence-corrected chi connectivity index (χ3v) is 0. The molecule has 26 valence electrons. The van der Waals surface area contributed by atoms with Gasteiger partial charge in [0.1, 0.15) is 0 Å². The molecule has 0 nitrogen and oxygen atoms in total. The van der Waals surface area contributed by atoms with Gasteiger partial charge in [0, 0.05) is 37.7 Å². The van der Waals surface area contributed by atoms with Crippen LogP contribution in [0.15, 0.2) is 0 Å². The molecule has 4 heavy (non-hydrogen) atoms. The minimum Gasteiger partial charge on any atom is -0.0149 e. The van der Waals surface area contributed by atoms with Gasteiger partial charge >= 0.3 is 0 Å². The maximum absolute atomic E-state index is 2.00. The van der Waals surface area contributed by atoms with Crippen molar-refractivity contribution in [3.8, 4) is 0 Å². The molecular formula is H8ArB2Si. The summed E-state index contributed by atoms with van der Waals surface area (Å²) in [4.78, 5) is 0. The number of rotatable bonds is 0. The van der Waals surface area contributed by atoms with Crippen molar-refractivity contribution in [1.82, 2.24) is 0 Å². The van der Waals surface area contributed by atoms with Gasteiger partial charge in [0.25, 0.3) is 0 Å². The molecule has 0 unspecified atom stereocenters. The molecule has 0 rings (SSSR count). The zero-order valence-corrected chi connectivity index (χ0v) is 3.06. The zero-order chi connectivity index (χ0) is 2.00. The maximum Gasteiger partial charge on any atom is 0.0643 e. The third-order valence-electron chi connectivity index (χ3n) is 0. The van der Waals surface area contributed by atoms with Gasteiger partial charge in [-0.3, -0.25) is 0 Å². The topological polar surface area (TPSA) is 0 Å². The van der Waals surface area contributed by atoms with Crippen LogP contribution >= 0.6 is 0 Å². The van der Waals surface area contributed by atoms with Crippen LogP contribution in [0.25, 0.3) is 0 Å². The summed E-state index contributed by atoms with van der Waals surface area (Å²) in [7, 11) is 4.00. The van der Waals surface area contributed by atoms with Crippen LogP contribution in [0.4, 0.5) is 0 Å². The van der Waals surface area contributed by atoms with E-state index in [0.29, 0.717) is 0 Å². The Bertz CT molecular complexity index is 6.00. The largest absolute Gasteiger partial charge is 0.0643 e. The van der Waals surface area contributed by atoms with Gasteiger partial charge in [0.15, 0.2) is 0 Å². The second kappa shape index (κ2) is 23.2. The van der Waals surface area contributed by atoms with E-state index in [-0.39, 0.29) is 48.7 Å². The maximum atomic E-state index is 2.00. The molecule has 0 fully saturated rings. The van der Waals surface area contributed by atoms with E-state index in [1.54, 1.807) is 0 Å². The normalized spacial score (nSPS) is 1.00. The van der Waals surface area contributed by atoms with Crippen molar-refractivity contribution in [3.05, 3.63) is 0 Å². The van der Waals surface area contributed by atoms with Crippen molar-refractivity contribution in [2.24, 2.45) is 0 Å². The van der Waals surface area contributed by atoms with E-state index < -0.39 is 0 Å². The van der Waals surface area contributed by atoms with Gasteiger partial charge in [0.2, 0.25) is 0 Å². The second-order valence-electron chi connectivity index (χ2n) is 0. The summed E-state index contributed by atoms with van der Waals surface area (Å²) >= 11 is 0. The predicted molar refractivity (Wildman–Crippen MR) is 28.4 cm³/mol. The molecule has 0 aliphatic carbocycles. The average Bonchev–Trinajstić information content (AvgIpc) is 1.00. The SMILES string of the molecule is BB.[Ar].[SiH4]. The molecule has 0 aromatic heterocycles. The smallest absolute Gasteiger partial charge is 0.0149 e. The first-order chi connectivity index (χ1) is 1.00. The van der Waals surface area contributed by atoms with E-state index >= 15 is 0 Å². The van der Waals surface area contributed by atoms with Crippen LogP contribution in [-0.2, 0) is 0 Å². The van der Waals surface area contributed by atoms with Crippen molar-refractivity contribution in [3.63, 3.8) is 0 Å². The fourth-order valence-electron chi connectivity index (χ4n) is 0. The summed E-state index contributed by atoms with van der Waals surface area (Å²) in [6.07, 6.45) is 0. The fourth-order valence-corrected chi connectivity index (χ4v) is 0. The van der Waals surface area contributed by atoms with Crippen molar-refractivity contribution in [2.45, 2.75) is 0 Å². The van der Waals surface area contributed by atoms with Crippen LogP contribution in [0.5, 0.6) is 0 Å². The van der Waals surface area contributed by atoms with Gasteiger partial charge in [-0.25, -0.2) is 0 Å². The minimum absolute atomic E-state index is 0. The number of hydrogen-bond donors (Lipinski definition) is 0. The van der Waals surface area contributed by atoms with E-state index in [2.05, 4.69) is 0 Å². The van der Waals surface area contributed by atoms with Crippen LogP contribution in [0.3, 0.4) is 0 Å². The van der Waals surface area contributed by atoms with E-state index in [0.717, 1.165) is 0 Å². The van der Waals surface area contributed by atoms with Gasteiger partial charge in [-0.2, -0.15) is 0 Å². The third kappa shape index (κ3) is 9.49.